The van der Waals surface area contributed by atoms with Gasteiger partial charge in [0.25, 0.3) is 0 Å². The molecule has 1 aliphatic heterocycles. The van der Waals surface area contributed by atoms with Crippen LogP contribution in [-0.2, 0) is 17.7 Å². The molecule has 1 aliphatic rings. The SMILES string of the molecule is CCOCCn1nc(CC)c2nc(N3CCN(C)CC3)nc(Nc3ncccc3C)c21. The Morgan fingerprint density at radius 2 is 1.90 bits per heavy atom. The minimum atomic E-state index is 0.596. The van der Waals surface area contributed by atoms with Crippen LogP contribution in [-0.4, -0.2) is 76.1 Å². The van der Waals surface area contributed by atoms with Gasteiger partial charge in [0.2, 0.25) is 5.95 Å². The molecule has 0 atom stereocenters. The highest BCUT2D eigenvalue weighted by molar-refractivity contribution is 5.90. The maximum atomic E-state index is 5.59. The number of aryl methyl sites for hydroxylation is 2. The zero-order valence-corrected chi connectivity index (χ0v) is 18.9. The monoisotopic (exact) mass is 424 g/mol. The van der Waals surface area contributed by atoms with Crippen LogP contribution >= 0.6 is 0 Å². The van der Waals surface area contributed by atoms with Gasteiger partial charge in [-0.15, -0.1) is 0 Å². The van der Waals surface area contributed by atoms with Crippen molar-refractivity contribution in [3.63, 3.8) is 0 Å². The van der Waals surface area contributed by atoms with E-state index in [1.807, 2.05) is 30.7 Å². The maximum Gasteiger partial charge on any atom is 0.228 e. The summed E-state index contributed by atoms with van der Waals surface area (Å²) in [6, 6.07) is 3.98. The van der Waals surface area contributed by atoms with Crippen molar-refractivity contribution in [3.05, 3.63) is 29.6 Å². The summed E-state index contributed by atoms with van der Waals surface area (Å²) < 4.78 is 7.56. The Morgan fingerprint density at radius 3 is 2.61 bits per heavy atom. The average Bonchev–Trinajstić information content (AvgIpc) is 3.14. The third-order valence-electron chi connectivity index (χ3n) is 5.66. The Morgan fingerprint density at radius 1 is 1.10 bits per heavy atom. The van der Waals surface area contributed by atoms with E-state index in [0.29, 0.717) is 19.8 Å². The Labute approximate surface area is 183 Å². The van der Waals surface area contributed by atoms with Crippen molar-refractivity contribution in [3.8, 4) is 0 Å². The third-order valence-corrected chi connectivity index (χ3v) is 5.66. The number of hydrogen-bond donors (Lipinski definition) is 1. The van der Waals surface area contributed by atoms with Crippen LogP contribution in [0.25, 0.3) is 11.0 Å². The quantitative estimate of drug-likeness (QED) is 0.553. The number of hydrogen-bond acceptors (Lipinski definition) is 8. The molecular formula is C22H32N8O. The van der Waals surface area contributed by atoms with Gasteiger partial charge in [0, 0.05) is 39.0 Å². The third kappa shape index (κ3) is 4.62. The van der Waals surface area contributed by atoms with Gasteiger partial charge in [0.1, 0.15) is 16.9 Å². The number of aromatic nitrogens is 5. The minimum absolute atomic E-state index is 0.596. The molecule has 31 heavy (non-hydrogen) atoms. The smallest absolute Gasteiger partial charge is 0.228 e. The van der Waals surface area contributed by atoms with Gasteiger partial charge in [0.15, 0.2) is 5.82 Å². The lowest BCUT2D eigenvalue weighted by Crippen LogP contribution is -2.45. The van der Waals surface area contributed by atoms with E-state index in [-0.39, 0.29) is 0 Å². The minimum Gasteiger partial charge on any atom is -0.380 e. The summed E-state index contributed by atoms with van der Waals surface area (Å²) in [4.78, 5) is 19.0. The zero-order chi connectivity index (χ0) is 21.8. The van der Waals surface area contributed by atoms with Crippen LogP contribution in [0, 0.1) is 6.92 Å². The van der Waals surface area contributed by atoms with E-state index in [0.717, 1.165) is 72.5 Å². The van der Waals surface area contributed by atoms with Crippen LogP contribution in [0.3, 0.4) is 0 Å². The number of rotatable bonds is 8. The molecule has 3 aromatic rings. The number of anilines is 3. The lowest BCUT2D eigenvalue weighted by Gasteiger charge is -2.32. The van der Waals surface area contributed by atoms with Gasteiger partial charge in [-0.3, -0.25) is 4.68 Å². The van der Waals surface area contributed by atoms with E-state index < -0.39 is 0 Å². The largest absolute Gasteiger partial charge is 0.380 e. The van der Waals surface area contributed by atoms with Crippen molar-refractivity contribution in [2.24, 2.45) is 0 Å². The molecule has 0 aliphatic carbocycles. The highest BCUT2D eigenvalue weighted by Crippen LogP contribution is 2.29. The Hall–Kier alpha value is -2.78. The summed E-state index contributed by atoms with van der Waals surface area (Å²) in [5.41, 5.74) is 3.84. The lowest BCUT2D eigenvalue weighted by atomic mass is 10.2. The van der Waals surface area contributed by atoms with Crippen LogP contribution in [0.4, 0.5) is 17.6 Å². The molecule has 0 amide bonds. The molecule has 0 aromatic carbocycles. The summed E-state index contributed by atoms with van der Waals surface area (Å²) in [6.07, 6.45) is 2.60. The molecular weight excluding hydrogens is 392 g/mol. The molecule has 0 spiro atoms. The molecule has 4 rings (SSSR count). The lowest BCUT2D eigenvalue weighted by molar-refractivity contribution is 0.137. The topological polar surface area (TPSA) is 84.2 Å². The predicted octanol–water partition coefficient (Wildman–Crippen LogP) is 2.62. The van der Waals surface area contributed by atoms with Crippen molar-refractivity contribution in [2.75, 3.05) is 56.7 Å². The summed E-state index contributed by atoms with van der Waals surface area (Å²) >= 11 is 0. The Bertz CT molecular complexity index is 1030. The molecule has 1 N–H and O–H groups in total. The first-order valence-corrected chi connectivity index (χ1v) is 11.1. The van der Waals surface area contributed by atoms with Crippen LogP contribution in [0.15, 0.2) is 18.3 Å². The van der Waals surface area contributed by atoms with Crippen molar-refractivity contribution < 1.29 is 4.74 Å². The van der Waals surface area contributed by atoms with Gasteiger partial charge >= 0.3 is 0 Å². The second kappa shape index (κ2) is 9.57. The normalized spacial score (nSPS) is 15.0. The molecule has 9 heteroatoms. The highest BCUT2D eigenvalue weighted by Gasteiger charge is 2.23. The number of piperazine rings is 1. The number of nitrogens with one attached hydrogen (secondary N) is 1. The molecule has 0 saturated carbocycles. The van der Waals surface area contributed by atoms with Crippen molar-refractivity contribution in [1.29, 1.82) is 0 Å². The van der Waals surface area contributed by atoms with Crippen molar-refractivity contribution >= 4 is 28.6 Å². The fraction of sp³-hybridized carbons (Fsp3) is 0.545. The van der Waals surface area contributed by atoms with Crippen LogP contribution < -0.4 is 10.2 Å². The van der Waals surface area contributed by atoms with Gasteiger partial charge in [-0.1, -0.05) is 13.0 Å². The number of fused-ring (bicyclic) bond motifs is 1. The fourth-order valence-corrected chi connectivity index (χ4v) is 3.79. The second-order valence-corrected chi connectivity index (χ2v) is 7.87. The van der Waals surface area contributed by atoms with E-state index in [2.05, 4.69) is 34.1 Å². The predicted molar refractivity (Wildman–Crippen MR) is 123 cm³/mol. The van der Waals surface area contributed by atoms with Crippen LogP contribution in [0.2, 0.25) is 0 Å². The zero-order valence-electron chi connectivity index (χ0n) is 18.9. The second-order valence-electron chi connectivity index (χ2n) is 7.87. The standard InChI is InChI=1S/C22H32N8O/c1-5-17-18-19(30(27-17)14-15-31-6-2)21(25-20-16(3)8-7-9-23-20)26-22(24-18)29-12-10-28(4)11-13-29/h7-9H,5-6,10-15H2,1-4H3,(H,23,24,25,26). The first-order chi connectivity index (χ1) is 15.1. The van der Waals surface area contributed by atoms with Gasteiger partial charge in [0.05, 0.1) is 18.8 Å². The fourth-order valence-electron chi connectivity index (χ4n) is 3.79. The molecule has 0 unspecified atom stereocenters. The molecule has 0 radical (unpaired) electrons. The number of ether oxygens (including phenoxy) is 1. The average molecular weight is 425 g/mol. The van der Waals surface area contributed by atoms with Gasteiger partial charge < -0.3 is 19.9 Å². The van der Waals surface area contributed by atoms with Crippen molar-refractivity contribution in [2.45, 2.75) is 33.7 Å². The molecule has 0 bridgehead atoms. The summed E-state index contributed by atoms with van der Waals surface area (Å²) in [5, 5.41) is 8.32. The van der Waals surface area contributed by atoms with E-state index in [1.54, 1.807) is 6.20 Å². The Kier molecular flexibility index (Phi) is 6.62. The molecule has 166 valence electrons. The van der Waals surface area contributed by atoms with Crippen LogP contribution in [0.1, 0.15) is 25.1 Å². The molecule has 9 nitrogen and oxygen atoms in total. The van der Waals surface area contributed by atoms with E-state index in [4.69, 9.17) is 19.8 Å². The number of likely N-dealkylation sites (N-methyl/N-ethyl adjacent to an activating group) is 1. The van der Waals surface area contributed by atoms with Crippen LogP contribution in [0.5, 0.6) is 0 Å². The maximum absolute atomic E-state index is 5.59. The molecule has 3 aromatic heterocycles. The summed E-state index contributed by atoms with van der Waals surface area (Å²) in [7, 11) is 2.15. The van der Waals surface area contributed by atoms with E-state index >= 15 is 0 Å². The molecule has 1 saturated heterocycles. The van der Waals surface area contributed by atoms with E-state index in [9.17, 15) is 0 Å². The van der Waals surface area contributed by atoms with Gasteiger partial charge in [-0.25, -0.2) is 9.97 Å². The number of pyridine rings is 1. The van der Waals surface area contributed by atoms with E-state index in [1.165, 1.54) is 0 Å². The summed E-state index contributed by atoms with van der Waals surface area (Å²) in [6.45, 7) is 11.9. The molecule has 4 heterocycles. The van der Waals surface area contributed by atoms with Crippen molar-refractivity contribution in [1.82, 2.24) is 29.6 Å². The summed E-state index contributed by atoms with van der Waals surface area (Å²) in [5.74, 6) is 2.28. The first kappa shape index (κ1) is 21.5. The highest BCUT2D eigenvalue weighted by atomic mass is 16.5. The number of nitrogens with zero attached hydrogens (tertiary/aromatic N) is 7. The Balaban J connectivity index is 1.81. The van der Waals surface area contributed by atoms with Gasteiger partial charge in [-0.2, -0.15) is 10.1 Å². The first-order valence-electron chi connectivity index (χ1n) is 11.1. The molecule has 1 fully saturated rings. The van der Waals surface area contributed by atoms with Gasteiger partial charge in [-0.05, 0) is 38.9 Å².